The zero-order chi connectivity index (χ0) is 17.6. The summed E-state index contributed by atoms with van der Waals surface area (Å²) in [5.41, 5.74) is 2.80. The molecule has 0 radical (unpaired) electrons. The van der Waals surface area contributed by atoms with Gasteiger partial charge in [0.05, 0.1) is 0 Å². The number of rotatable bonds is 6. The fraction of sp³-hybridized carbons (Fsp3) is 0.136. The molecule has 3 aromatic carbocycles. The van der Waals surface area contributed by atoms with E-state index in [0.29, 0.717) is 12.2 Å². The first kappa shape index (κ1) is 17.4. The summed E-state index contributed by atoms with van der Waals surface area (Å²) in [6.45, 7) is 2.45. The highest BCUT2D eigenvalue weighted by atomic mass is 79.9. The molecule has 0 N–H and O–H groups in total. The number of ketones is 1. The summed E-state index contributed by atoms with van der Waals surface area (Å²) < 4.78 is 6.73. The largest absolute Gasteiger partial charge is 0.489 e. The number of carbonyl (C=O) groups excluding carboxylic acids is 1. The topological polar surface area (TPSA) is 26.3 Å². The number of Topliss-reactive ketones (excluding diaryl/α,β-unsaturated/α-hetero) is 1. The lowest BCUT2D eigenvalue weighted by Crippen LogP contribution is -2.10. The number of hydrogen-bond donors (Lipinski definition) is 0. The van der Waals surface area contributed by atoms with Gasteiger partial charge in [-0.2, -0.15) is 0 Å². The number of benzene rings is 3. The maximum absolute atomic E-state index is 12.7. The average Bonchev–Trinajstić information content (AvgIpc) is 2.67. The minimum absolute atomic E-state index is 0.0986. The SMILES string of the molecule is CC(C(=O)c1ccc(OCc2ccccc2)cc1)c1ccccc1Br. The van der Waals surface area contributed by atoms with Crippen molar-refractivity contribution in [2.24, 2.45) is 0 Å². The Morgan fingerprint density at radius 1 is 0.920 bits per heavy atom. The average molecular weight is 395 g/mol. The fourth-order valence-corrected chi connectivity index (χ4v) is 3.30. The first-order chi connectivity index (χ1) is 12.1. The summed E-state index contributed by atoms with van der Waals surface area (Å²) in [4.78, 5) is 12.7. The molecule has 0 aliphatic carbocycles. The Hall–Kier alpha value is -2.39. The van der Waals surface area contributed by atoms with Crippen molar-refractivity contribution >= 4 is 21.7 Å². The monoisotopic (exact) mass is 394 g/mol. The molecule has 0 aromatic heterocycles. The van der Waals surface area contributed by atoms with Crippen molar-refractivity contribution in [2.45, 2.75) is 19.4 Å². The second-order valence-electron chi connectivity index (χ2n) is 5.91. The minimum atomic E-state index is -0.202. The fourth-order valence-electron chi connectivity index (χ4n) is 2.67. The minimum Gasteiger partial charge on any atom is -0.489 e. The molecule has 0 fully saturated rings. The van der Waals surface area contributed by atoms with Crippen LogP contribution in [0.25, 0.3) is 0 Å². The van der Waals surface area contributed by atoms with Gasteiger partial charge in [0.2, 0.25) is 0 Å². The van der Waals surface area contributed by atoms with Gasteiger partial charge in [-0.15, -0.1) is 0 Å². The summed E-state index contributed by atoms with van der Waals surface area (Å²) in [6.07, 6.45) is 0. The van der Waals surface area contributed by atoms with Crippen LogP contribution < -0.4 is 4.74 Å². The number of ether oxygens (including phenoxy) is 1. The van der Waals surface area contributed by atoms with Gasteiger partial charge in [-0.05, 0) is 41.5 Å². The molecule has 0 heterocycles. The molecule has 126 valence electrons. The molecule has 1 atom stereocenters. The van der Waals surface area contributed by atoms with Gasteiger partial charge in [0.25, 0.3) is 0 Å². The van der Waals surface area contributed by atoms with Crippen LogP contribution in [0.1, 0.15) is 34.3 Å². The highest BCUT2D eigenvalue weighted by molar-refractivity contribution is 9.10. The van der Waals surface area contributed by atoms with Crippen molar-refractivity contribution in [3.05, 3.63) is 100 Å². The predicted octanol–water partition coefficient (Wildman–Crippen LogP) is 6.01. The predicted molar refractivity (Wildman–Crippen MR) is 104 cm³/mol. The molecule has 0 amide bonds. The number of hydrogen-bond acceptors (Lipinski definition) is 2. The van der Waals surface area contributed by atoms with Crippen LogP contribution in [0.4, 0.5) is 0 Å². The van der Waals surface area contributed by atoms with Crippen LogP contribution >= 0.6 is 15.9 Å². The van der Waals surface area contributed by atoms with Crippen LogP contribution in [0.3, 0.4) is 0 Å². The zero-order valence-electron chi connectivity index (χ0n) is 14.0. The van der Waals surface area contributed by atoms with Gasteiger partial charge in [-0.3, -0.25) is 4.79 Å². The van der Waals surface area contributed by atoms with Crippen LogP contribution in [-0.2, 0) is 6.61 Å². The second-order valence-corrected chi connectivity index (χ2v) is 6.76. The number of halogens is 1. The molecule has 3 rings (SSSR count). The first-order valence-corrected chi connectivity index (χ1v) is 9.00. The van der Waals surface area contributed by atoms with E-state index < -0.39 is 0 Å². The van der Waals surface area contributed by atoms with E-state index in [-0.39, 0.29) is 11.7 Å². The standard InChI is InChI=1S/C22H19BrO2/c1-16(20-9-5-6-10-21(20)23)22(24)18-11-13-19(14-12-18)25-15-17-7-3-2-4-8-17/h2-14,16H,15H2,1H3. The quantitative estimate of drug-likeness (QED) is 0.478. The molecule has 0 bridgehead atoms. The van der Waals surface area contributed by atoms with E-state index in [4.69, 9.17) is 4.74 Å². The lowest BCUT2D eigenvalue weighted by molar-refractivity contribution is 0.0966. The molecule has 1 unspecified atom stereocenters. The Morgan fingerprint density at radius 2 is 1.56 bits per heavy atom. The highest BCUT2D eigenvalue weighted by Gasteiger charge is 2.19. The Kier molecular flexibility index (Phi) is 5.67. The van der Waals surface area contributed by atoms with Crippen LogP contribution in [0.15, 0.2) is 83.3 Å². The van der Waals surface area contributed by atoms with Gasteiger partial charge in [0, 0.05) is 16.0 Å². The van der Waals surface area contributed by atoms with E-state index in [1.54, 1.807) is 0 Å². The third kappa shape index (κ3) is 4.37. The van der Waals surface area contributed by atoms with Gasteiger partial charge in [0.15, 0.2) is 5.78 Å². The normalized spacial score (nSPS) is 11.8. The Morgan fingerprint density at radius 3 is 2.24 bits per heavy atom. The maximum atomic E-state index is 12.7. The molecule has 2 nitrogen and oxygen atoms in total. The third-order valence-electron chi connectivity index (χ3n) is 4.15. The van der Waals surface area contributed by atoms with Crippen molar-refractivity contribution < 1.29 is 9.53 Å². The molecule has 0 aliphatic rings. The summed E-state index contributed by atoms with van der Waals surface area (Å²) >= 11 is 3.52. The van der Waals surface area contributed by atoms with Gasteiger partial charge in [-0.25, -0.2) is 0 Å². The van der Waals surface area contributed by atoms with Crippen molar-refractivity contribution in [2.75, 3.05) is 0 Å². The third-order valence-corrected chi connectivity index (χ3v) is 4.87. The van der Waals surface area contributed by atoms with Gasteiger partial charge in [-0.1, -0.05) is 71.4 Å². The van der Waals surface area contributed by atoms with Crippen LogP contribution in [0, 0.1) is 0 Å². The molecule has 3 heteroatoms. The van der Waals surface area contributed by atoms with E-state index >= 15 is 0 Å². The van der Waals surface area contributed by atoms with Crippen LogP contribution in [0.5, 0.6) is 5.75 Å². The molecule has 0 aliphatic heterocycles. The molecular formula is C22H19BrO2. The van der Waals surface area contributed by atoms with E-state index in [1.807, 2.05) is 85.8 Å². The van der Waals surface area contributed by atoms with Crippen molar-refractivity contribution in [3.63, 3.8) is 0 Å². The first-order valence-electron chi connectivity index (χ1n) is 8.20. The number of carbonyl (C=O) groups is 1. The zero-order valence-corrected chi connectivity index (χ0v) is 15.6. The van der Waals surface area contributed by atoms with E-state index in [2.05, 4.69) is 15.9 Å². The Bertz CT molecular complexity index is 841. The highest BCUT2D eigenvalue weighted by Crippen LogP contribution is 2.28. The smallest absolute Gasteiger partial charge is 0.170 e. The van der Waals surface area contributed by atoms with Gasteiger partial charge < -0.3 is 4.74 Å². The Balaban J connectivity index is 1.67. The van der Waals surface area contributed by atoms with E-state index in [9.17, 15) is 4.79 Å². The molecule has 0 spiro atoms. The lowest BCUT2D eigenvalue weighted by Gasteiger charge is -2.13. The summed E-state index contributed by atoms with van der Waals surface area (Å²) in [5, 5.41) is 0. The summed E-state index contributed by atoms with van der Waals surface area (Å²) in [7, 11) is 0. The van der Waals surface area contributed by atoms with E-state index in [1.165, 1.54) is 0 Å². The molecule has 25 heavy (non-hydrogen) atoms. The Labute approximate surface area is 156 Å². The maximum Gasteiger partial charge on any atom is 0.170 e. The van der Waals surface area contributed by atoms with Gasteiger partial charge >= 0.3 is 0 Å². The second kappa shape index (κ2) is 8.13. The molecule has 0 saturated carbocycles. The van der Waals surface area contributed by atoms with Crippen LogP contribution in [-0.4, -0.2) is 5.78 Å². The summed E-state index contributed by atoms with van der Waals surface area (Å²) in [5.74, 6) is 0.655. The van der Waals surface area contributed by atoms with Crippen LogP contribution in [0.2, 0.25) is 0 Å². The molecule has 0 saturated heterocycles. The molecular weight excluding hydrogens is 376 g/mol. The van der Waals surface area contributed by atoms with Crippen molar-refractivity contribution in [1.82, 2.24) is 0 Å². The molecule has 3 aromatic rings. The van der Waals surface area contributed by atoms with E-state index in [0.717, 1.165) is 21.3 Å². The van der Waals surface area contributed by atoms with Crippen molar-refractivity contribution in [1.29, 1.82) is 0 Å². The summed E-state index contributed by atoms with van der Waals surface area (Å²) in [6, 6.07) is 25.2. The van der Waals surface area contributed by atoms with Gasteiger partial charge in [0.1, 0.15) is 12.4 Å². The van der Waals surface area contributed by atoms with Crippen molar-refractivity contribution in [3.8, 4) is 5.75 Å². The lowest BCUT2D eigenvalue weighted by atomic mass is 9.92.